The zero-order valence-corrected chi connectivity index (χ0v) is 16.1. The summed E-state index contributed by atoms with van der Waals surface area (Å²) in [6, 6.07) is 4.99. The van der Waals surface area contributed by atoms with Crippen LogP contribution in [0.5, 0.6) is 5.75 Å². The van der Waals surface area contributed by atoms with Gasteiger partial charge in [-0.25, -0.2) is 9.86 Å². The number of carbonyl (C=O) groups is 3. The molecule has 1 aromatic carbocycles. The number of carboxylic acid groups (broad SMARTS) is 1. The third-order valence-corrected chi connectivity index (χ3v) is 4.38. The van der Waals surface area contributed by atoms with Crippen LogP contribution in [-0.4, -0.2) is 52.9 Å². The maximum atomic E-state index is 12.7. The van der Waals surface area contributed by atoms with Crippen molar-refractivity contribution in [3.05, 3.63) is 29.8 Å². The molecule has 8 heteroatoms. The zero-order valence-electron chi connectivity index (χ0n) is 16.1. The second-order valence-corrected chi connectivity index (χ2v) is 6.91. The minimum atomic E-state index is -1.16. The molecule has 0 saturated heterocycles. The Kier molecular flexibility index (Phi) is 8.74. The Morgan fingerprint density at radius 2 is 1.81 bits per heavy atom. The van der Waals surface area contributed by atoms with E-state index in [9.17, 15) is 24.7 Å². The third-order valence-electron chi connectivity index (χ3n) is 4.38. The highest BCUT2D eigenvalue weighted by Gasteiger charge is 2.32. The van der Waals surface area contributed by atoms with Gasteiger partial charge in [-0.05, 0) is 37.0 Å². The largest absolute Gasteiger partial charge is 0.497 e. The van der Waals surface area contributed by atoms with Crippen molar-refractivity contribution in [2.24, 2.45) is 11.8 Å². The van der Waals surface area contributed by atoms with Gasteiger partial charge in [-0.15, -0.1) is 0 Å². The molecule has 8 nitrogen and oxygen atoms in total. The summed E-state index contributed by atoms with van der Waals surface area (Å²) in [4.78, 5) is 35.1. The molecular formula is C19H28N2O6. The molecule has 0 aromatic heterocycles. The number of methoxy groups -OCH3 is 1. The van der Waals surface area contributed by atoms with Crippen molar-refractivity contribution in [2.75, 3.05) is 7.11 Å². The average molecular weight is 380 g/mol. The smallest absolute Gasteiger partial charge is 0.326 e. The number of ether oxygens (including phenoxy) is 1. The number of hydroxylamine groups is 2. The molecule has 3 N–H and O–H groups in total. The van der Waals surface area contributed by atoms with Gasteiger partial charge in [-0.3, -0.25) is 14.8 Å². The SMILES string of the molecule is COc1ccc(C[C@H](NC(=O)C(CC(C)C)C(C)N(O)C=O)C(=O)O)cc1. The van der Waals surface area contributed by atoms with Crippen LogP contribution < -0.4 is 10.1 Å². The van der Waals surface area contributed by atoms with E-state index in [0.29, 0.717) is 17.2 Å². The number of amides is 2. The third kappa shape index (κ3) is 6.90. The van der Waals surface area contributed by atoms with Gasteiger partial charge in [-0.2, -0.15) is 0 Å². The lowest BCUT2D eigenvalue weighted by Crippen LogP contribution is -2.50. The van der Waals surface area contributed by atoms with Crippen LogP contribution in [0.1, 0.15) is 32.8 Å². The van der Waals surface area contributed by atoms with Gasteiger partial charge in [0.1, 0.15) is 11.8 Å². The van der Waals surface area contributed by atoms with Crippen LogP contribution in [-0.2, 0) is 20.8 Å². The lowest BCUT2D eigenvalue weighted by atomic mass is 9.89. The van der Waals surface area contributed by atoms with Crippen LogP contribution in [0, 0.1) is 11.8 Å². The van der Waals surface area contributed by atoms with Gasteiger partial charge in [-0.1, -0.05) is 26.0 Å². The number of aliphatic carboxylic acids is 1. The Balaban J connectivity index is 2.92. The van der Waals surface area contributed by atoms with Crippen molar-refractivity contribution in [3.8, 4) is 5.75 Å². The minimum Gasteiger partial charge on any atom is -0.497 e. The summed E-state index contributed by atoms with van der Waals surface area (Å²) in [5.41, 5.74) is 0.730. The number of carbonyl (C=O) groups excluding carboxylic acids is 2. The van der Waals surface area contributed by atoms with Crippen molar-refractivity contribution < 1.29 is 29.4 Å². The molecule has 1 rings (SSSR count). The van der Waals surface area contributed by atoms with E-state index in [1.165, 1.54) is 7.11 Å². The number of rotatable bonds is 11. The van der Waals surface area contributed by atoms with Crippen molar-refractivity contribution in [3.63, 3.8) is 0 Å². The number of nitrogens with one attached hydrogen (secondary N) is 1. The van der Waals surface area contributed by atoms with Crippen LogP contribution in [0.4, 0.5) is 0 Å². The minimum absolute atomic E-state index is 0.102. The maximum Gasteiger partial charge on any atom is 0.326 e. The molecule has 0 spiro atoms. The summed E-state index contributed by atoms with van der Waals surface area (Å²) in [6.45, 7) is 5.35. The van der Waals surface area contributed by atoms with Crippen LogP contribution in [0.3, 0.4) is 0 Å². The Labute approximate surface area is 159 Å². The van der Waals surface area contributed by atoms with Crippen LogP contribution in [0.15, 0.2) is 24.3 Å². The van der Waals surface area contributed by atoms with Crippen molar-refractivity contribution in [1.29, 1.82) is 0 Å². The molecule has 0 aliphatic rings. The highest BCUT2D eigenvalue weighted by Crippen LogP contribution is 2.20. The van der Waals surface area contributed by atoms with Gasteiger partial charge >= 0.3 is 5.97 Å². The summed E-state index contributed by atoms with van der Waals surface area (Å²) in [6.07, 6.45) is 0.731. The maximum absolute atomic E-state index is 12.7. The molecule has 0 saturated carbocycles. The Bertz CT molecular complexity index is 632. The van der Waals surface area contributed by atoms with E-state index in [1.807, 2.05) is 13.8 Å². The number of hydrogen-bond donors (Lipinski definition) is 3. The monoisotopic (exact) mass is 380 g/mol. The van der Waals surface area contributed by atoms with Crippen LogP contribution in [0.25, 0.3) is 0 Å². The molecule has 2 amide bonds. The summed E-state index contributed by atoms with van der Waals surface area (Å²) in [5, 5.41) is 22.1. The number of carboxylic acids is 1. The average Bonchev–Trinajstić information content (AvgIpc) is 2.64. The van der Waals surface area contributed by atoms with E-state index in [-0.39, 0.29) is 18.7 Å². The van der Waals surface area contributed by atoms with E-state index in [0.717, 1.165) is 5.56 Å². The second-order valence-electron chi connectivity index (χ2n) is 6.91. The zero-order chi connectivity index (χ0) is 20.6. The number of nitrogens with zero attached hydrogens (tertiary/aromatic N) is 1. The lowest BCUT2D eigenvalue weighted by molar-refractivity contribution is -0.167. The molecular weight excluding hydrogens is 352 g/mol. The van der Waals surface area contributed by atoms with Gasteiger partial charge in [0.15, 0.2) is 0 Å². The van der Waals surface area contributed by atoms with E-state index in [2.05, 4.69) is 5.32 Å². The van der Waals surface area contributed by atoms with Gasteiger partial charge in [0, 0.05) is 6.42 Å². The Hall–Kier alpha value is -2.61. The van der Waals surface area contributed by atoms with E-state index in [4.69, 9.17) is 4.74 Å². The quantitative estimate of drug-likeness (QED) is 0.306. The molecule has 0 aliphatic carbocycles. The number of benzene rings is 1. The highest BCUT2D eigenvalue weighted by molar-refractivity contribution is 5.85. The van der Waals surface area contributed by atoms with Gasteiger partial charge in [0.2, 0.25) is 12.3 Å². The lowest BCUT2D eigenvalue weighted by Gasteiger charge is -2.29. The van der Waals surface area contributed by atoms with E-state index in [1.54, 1.807) is 31.2 Å². The topological polar surface area (TPSA) is 116 Å². The van der Waals surface area contributed by atoms with Gasteiger partial charge in [0.25, 0.3) is 0 Å². The Morgan fingerprint density at radius 3 is 2.26 bits per heavy atom. The first-order valence-corrected chi connectivity index (χ1v) is 8.78. The highest BCUT2D eigenvalue weighted by atomic mass is 16.5. The molecule has 0 radical (unpaired) electrons. The first kappa shape index (κ1) is 22.4. The van der Waals surface area contributed by atoms with Crippen LogP contribution in [0.2, 0.25) is 0 Å². The van der Waals surface area contributed by atoms with E-state index < -0.39 is 29.9 Å². The fourth-order valence-electron chi connectivity index (χ4n) is 2.79. The summed E-state index contributed by atoms with van der Waals surface area (Å²) < 4.78 is 5.07. The van der Waals surface area contributed by atoms with Crippen LogP contribution >= 0.6 is 0 Å². The van der Waals surface area contributed by atoms with Crippen molar-refractivity contribution in [1.82, 2.24) is 10.4 Å². The Morgan fingerprint density at radius 1 is 1.22 bits per heavy atom. The molecule has 0 bridgehead atoms. The molecule has 0 heterocycles. The van der Waals surface area contributed by atoms with Crippen molar-refractivity contribution >= 4 is 18.3 Å². The second kappa shape index (κ2) is 10.5. The molecule has 0 aliphatic heterocycles. The first-order valence-electron chi connectivity index (χ1n) is 8.78. The van der Waals surface area contributed by atoms with Gasteiger partial charge < -0.3 is 15.2 Å². The fraction of sp³-hybridized carbons (Fsp3) is 0.526. The summed E-state index contributed by atoms with van der Waals surface area (Å²) >= 11 is 0. The summed E-state index contributed by atoms with van der Waals surface area (Å²) in [7, 11) is 1.54. The molecule has 1 aromatic rings. The standard InChI is InChI=1S/C19H28N2O6/c1-12(2)9-16(13(3)21(26)11-22)18(23)20-17(19(24)25)10-14-5-7-15(27-4)8-6-14/h5-8,11-13,16-17,26H,9-10H2,1-4H3,(H,20,23)(H,24,25)/t13?,16?,17-/m0/s1. The molecule has 0 fully saturated rings. The molecule has 27 heavy (non-hydrogen) atoms. The molecule has 150 valence electrons. The number of hydrogen-bond acceptors (Lipinski definition) is 5. The van der Waals surface area contributed by atoms with E-state index >= 15 is 0 Å². The fourth-order valence-corrected chi connectivity index (χ4v) is 2.79. The summed E-state index contributed by atoms with van der Waals surface area (Å²) in [5.74, 6) is -1.65. The normalized spacial score (nSPS) is 14.1. The molecule has 3 atom stereocenters. The predicted octanol–water partition coefficient (Wildman–Crippen LogP) is 1.71. The first-order chi connectivity index (χ1) is 12.7. The predicted molar refractivity (Wildman–Crippen MR) is 98.4 cm³/mol. The van der Waals surface area contributed by atoms with Gasteiger partial charge in [0.05, 0.1) is 19.1 Å². The van der Waals surface area contributed by atoms with Crippen molar-refractivity contribution in [2.45, 2.75) is 45.7 Å². The molecule has 2 unspecified atom stereocenters.